The van der Waals surface area contributed by atoms with Gasteiger partial charge in [0, 0.05) is 36.0 Å². The van der Waals surface area contributed by atoms with Crippen LogP contribution in [0.4, 0.5) is 0 Å². The molecule has 0 aliphatic carbocycles. The quantitative estimate of drug-likeness (QED) is 0.564. The lowest BCUT2D eigenvalue weighted by atomic mass is 10.2. The van der Waals surface area contributed by atoms with Crippen LogP contribution in [0, 0.1) is 0 Å². The first-order valence-corrected chi connectivity index (χ1v) is 7.67. The zero-order valence-electron chi connectivity index (χ0n) is 12.5. The molecule has 2 rings (SSSR count). The predicted molar refractivity (Wildman–Crippen MR) is 85.8 cm³/mol. The van der Waals surface area contributed by atoms with Gasteiger partial charge in [0.1, 0.15) is 5.75 Å². The Morgan fingerprint density at radius 2 is 1.57 bits per heavy atom. The maximum Gasteiger partial charge on any atom is 0.183 e. The van der Waals surface area contributed by atoms with Crippen molar-refractivity contribution in [1.82, 2.24) is 0 Å². The van der Waals surface area contributed by atoms with E-state index in [4.69, 9.17) is 14.2 Å². The number of ether oxygens (including phenoxy) is 3. The van der Waals surface area contributed by atoms with Crippen molar-refractivity contribution in [2.75, 3.05) is 21.3 Å². The van der Waals surface area contributed by atoms with Gasteiger partial charge in [-0.3, -0.25) is 0 Å². The Hall–Kier alpha value is -1.49. The Morgan fingerprint density at radius 3 is 2.19 bits per heavy atom. The number of para-hydroxylation sites is 1. The van der Waals surface area contributed by atoms with E-state index in [-0.39, 0.29) is 6.29 Å². The van der Waals surface area contributed by atoms with E-state index >= 15 is 0 Å². The van der Waals surface area contributed by atoms with Crippen LogP contribution in [0.3, 0.4) is 0 Å². The first-order chi connectivity index (χ1) is 10.3. The molecule has 3 nitrogen and oxygen atoms in total. The Balaban J connectivity index is 2.00. The second-order valence-electron chi connectivity index (χ2n) is 4.47. The van der Waals surface area contributed by atoms with Crippen molar-refractivity contribution in [3.05, 3.63) is 59.7 Å². The molecule has 0 unspecified atom stereocenters. The molecule has 0 N–H and O–H groups in total. The fourth-order valence-electron chi connectivity index (χ4n) is 2.07. The number of hydrogen-bond acceptors (Lipinski definition) is 4. The zero-order valence-corrected chi connectivity index (χ0v) is 13.4. The number of methoxy groups -OCH3 is 3. The maximum atomic E-state index is 5.37. The minimum absolute atomic E-state index is 0.307. The molecule has 0 radical (unpaired) electrons. The summed E-state index contributed by atoms with van der Waals surface area (Å²) in [5, 5.41) is 0. The van der Waals surface area contributed by atoms with Gasteiger partial charge in [-0.25, -0.2) is 0 Å². The monoisotopic (exact) mass is 304 g/mol. The third kappa shape index (κ3) is 4.24. The van der Waals surface area contributed by atoms with Crippen molar-refractivity contribution >= 4 is 11.8 Å². The highest BCUT2D eigenvalue weighted by Crippen LogP contribution is 2.29. The average Bonchev–Trinajstić information content (AvgIpc) is 2.55. The molecular formula is C17H20O3S. The summed E-state index contributed by atoms with van der Waals surface area (Å²) in [7, 11) is 4.98. The van der Waals surface area contributed by atoms with Crippen molar-refractivity contribution in [2.45, 2.75) is 16.9 Å². The van der Waals surface area contributed by atoms with Gasteiger partial charge in [-0.15, -0.1) is 11.8 Å². The smallest absolute Gasteiger partial charge is 0.183 e. The average molecular weight is 304 g/mol. The van der Waals surface area contributed by atoms with Crippen LogP contribution >= 0.6 is 11.8 Å². The summed E-state index contributed by atoms with van der Waals surface area (Å²) in [5.41, 5.74) is 2.21. The van der Waals surface area contributed by atoms with E-state index in [1.54, 1.807) is 33.1 Å². The molecule has 0 aliphatic rings. The van der Waals surface area contributed by atoms with Gasteiger partial charge in [-0.05, 0) is 18.2 Å². The molecule has 0 saturated heterocycles. The van der Waals surface area contributed by atoms with E-state index in [1.165, 1.54) is 10.5 Å². The molecule has 4 heteroatoms. The Morgan fingerprint density at radius 1 is 0.905 bits per heavy atom. The van der Waals surface area contributed by atoms with Gasteiger partial charge in [-0.1, -0.05) is 30.3 Å². The highest BCUT2D eigenvalue weighted by Gasteiger charge is 2.08. The van der Waals surface area contributed by atoms with Crippen LogP contribution in [0.25, 0.3) is 0 Å². The lowest BCUT2D eigenvalue weighted by Gasteiger charge is -2.14. The van der Waals surface area contributed by atoms with Crippen molar-refractivity contribution in [3.63, 3.8) is 0 Å². The summed E-state index contributed by atoms with van der Waals surface area (Å²) in [6.07, 6.45) is -0.307. The Labute approximate surface area is 130 Å². The summed E-state index contributed by atoms with van der Waals surface area (Å²) in [6.45, 7) is 0. The molecule has 0 aliphatic heterocycles. The number of thioether (sulfide) groups is 1. The number of benzene rings is 2. The van der Waals surface area contributed by atoms with Gasteiger partial charge in [-0.2, -0.15) is 0 Å². The van der Waals surface area contributed by atoms with Gasteiger partial charge < -0.3 is 14.2 Å². The van der Waals surface area contributed by atoms with Crippen LogP contribution in [-0.4, -0.2) is 21.3 Å². The number of hydrogen-bond donors (Lipinski definition) is 0. The molecule has 0 heterocycles. The summed E-state index contributed by atoms with van der Waals surface area (Å²) in [4.78, 5) is 1.20. The Bertz CT molecular complexity index is 550. The molecule has 112 valence electrons. The molecule has 0 atom stereocenters. The fraction of sp³-hybridized carbons (Fsp3) is 0.294. The van der Waals surface area contributed by atoms with E-state index < -0.39 is 0 Å². The molecular weight excluding hydrogens is 284 g/mol. The largest absolute Gasteiger partial charge is 0.496 e. The van der Waals surface area contributed by atoms with Crippen molar-refractivity contribution in [1.29, 1.82) is 0 Å². The SMILES string of the molecule is COc1ccccc1CSc1ccc(C(OC)OC)cc1. The lowest BCUT2D eigenvalue weighted by molar-refractivity contribution is -0.106. The molecule has 0 aromatic heterocycles. The zero-order chi connectivity index (χ0) is 15.1. The summed E-state index contributed by atoms with van der Waals surface area (Å²) in [5.74, 6) is 1.81. The summed E-state index contributed by atoms with van der Waals surface area (Å²) >= 11 is 1.78. The standard InChI is InChI=1S/C17H20O3S/c1-18-16-7-5-4-6-14(16)12-21-15-10-8-13(9-11-15)17(19-2)20-3/h4-11,17H,12H2,1-3H3. The number of rotatable bonds is 7. The second kappa shape index (κ2) is 8.08. The molecule has 0 fully saturated rings. The van der Waals surface area contributed by atoms with Gasteiger partial charge in [0.05, 0.1) is 7.11 Å². The summed E-state index contributed by atoms with van der Waals surface area (Å²) in [6, 6.07) is 16.3. The minimum Gasteiger partial charge on any atom is -0.496 e. The predicted octanol–water partition coefficient (Wildman–Crippen LogP) is 4.28. The van der Waals surface area contributed by atoms with Crippen LogP contribution in [0.2, 0.25) is 0 Å². The van der Waals surface area contributed by atoms with Gasteiger partial charge >= 0.3 is 0 Å². The molecule has 21 heavy (non-hydrogen) atoms. The lowest BCUT2D eigenvalue weighted by Crippen LogP contribution is -2.02. The summed E-state index contributed by atoms with van der Waals surface area (Å²) < 4.78 is 15.8. The van der Waals surface area contributed by atoms with E-state index in [1.807, 2.05) is 30.3 Å². The van der Waals surface area contributed by atoms with Crippen molar-refractivity contribution in [3.8, 4) is 5.75 Å². The van der Waals surface area contributed by atoms with Crippen LogP contribution in [0.1, 0.15) is 17.4 Å². The normalized spacial score (nSPS) is 10.9. The van der Waals surface area contributed by atoms with E-state index in [2.05, 4.69) is 18.2 Å². The second-order valence-corrected chi connectivity index (χ2v) is 5.52. The highest BCUT2D eigenvalue weighted by molar-refractivity contribution is 7.98. The first-order valence-electron chi connectivity index (χ1n) is 6.68. The van der Waals surface area contributed by atoms with Gasteiger partial charge in [0.2, 0.25) is 0 Å². The molecule has 2 aromatic rings. The molecule has 0 saturated carbocycles. The molecule has 0 spiro atoms. The van der Waals surface area contributed by atoms with Crippen LogP contribution in [0.15, 0.2) is 53.4 Å². The third-order valence-corrected chi connectivity index (χ3v) is 4.23. The van der Waals surface area contributed by atoms with Crippen LogP contribution in [0.5, 0.6) is 5.75 Å². The van der Waals surface area contributed by atoms with Crippen molar-refractivity contribution in [2.24, 2.45) is 0 Å². The van der Waals surface area contributed by atoms with Crippen LogP contribution < -0.4 is 4.74 Å². The molecule has 0 bridgehead atoms. The van der Waals surface area contributed by atoms with E-state index in [0.29, 0.717) is 0 Å². The third-order valence-electron chi connectivity index (χ3n) is 3.17. The van der Waals surface area contributed by atoms with Crippen LogP contribution in [-0.2, 0) is 15.2 Å². The molecule has 2 aromatic carbocycles. The van der Waals surface area contributed by atoms with Crippen molar-refractivity contribution < 1.29 is 14.2 Å². The maximum absolute atomic E-state index is 5.37. The topological polar surface area (TPSA) is 27.7 Å². The van der Waals surface area contributed by atoms with Gasteiger partial charge in [0.15, 0.2) is 6.29 Å². The first kappa shape index (κ1) is 15.9. The molecule has 0 amide bonds. The highest BCUT2D eigenvalue weighted by atomic mass is 32.2. The minimum atomic E-state index is -0.307. The van der Waals surface area contributed by atoms with E-state index in [9.17, 15) is 0 Å². The van der Waals surface area contributed by atoms with Gasteiger partial charge in [0.25, 0.3) is 0 Å². The Kier molecular flexibility index (Phi) is 6.11. The fourth-order valence-corrected chi connectivity index (χ4v) is 2.96. The van der Waals surface area contributed by atoms with E-state index in [0.717, 1.165) is 17.1 Å².